The first-order valence-corrected chi connectivity index (χ1v) is 6.87. The Balaban J connectivity index is 2.92. The Morgan fingerprint density at radius 2 is 2.10 bits per heavy atom. The van der Waals surface area contributed by atoms with Gasteiger partial charge in [0.2, 0.25) is 5.91 Å². The van der Waals surface area contributed by atoms with E-state index in [-0.39, 0.29) is 11.7 Å². The van der Waals surface area contributed by atoms with Gasteiger partial charge < -0.3 is 15.3 Å². The average Bonchev–Trinajstić information content (AvgIpc) is 2.37. The summed E-state index contributed by atoms with van der Waals surface area (Å²) >= 11 is 0. The number of benzene rings is 1. The van der Waals surface area contributed by atoms with Crippen molar-refractivity contribution in [3.05, 3.63) is 41.1 Å². The van der Waals surface area contributed by atoms with Gasteiger partial charge in [-0.2, -0.15) is 0 Å². The van der Waals surface area contributed by atoms with Gasteiger partial charge in [-0.15, -0.1) is 0 Å². The van der Waals surface area contributed by atoms with Crippen LogP contribution in [-0.2, 0) is 11.2 Å². The van der Waals surface area contributed by atoms with Gasteiger partial charge in [-0.3, -0.25) is 4.79 Å². The molecule has 0 radical (unpaired) electrons. The predicted octanol–water partition coefficient (Wildman–Crippen LogP) is 2.21. The van der Waals surface area contributed by atoms with Crippen molar-refractivity contribution in [2.24, 2.45) is 0 Å². The van der Waals surface area contributed by atoms with Crippen LogP contribution in [0.3, 0.4) is 0 Å². The van der Waals surface area contributed by atoms with Gasteiger partial charge in [0.15, 0.2) is 0 Å². The van der Waals surface area contributed by atoms with E-state index in [0.29, 0.717) is 13.0 Å². The van der Waals surface area contributed by atoms with E-state index in [4.69, 9.17) is 0 Å². The van der Waals surface area contributed by atoms with E-state index in [0.717, 1.165) is 23.1 Å². The minimum absolute atomic E-state index is 0.0342. The van der Waals surface area contributed by atoms with Crippen LogP contribution < -0.4 is 5.32 Å². The third-order valence-corrected chi connectivity index (χ3v) is 2.95. The minimum Gasteiger partial charge on any atom is -0.508 e. The number of rotatable bonds is 6. The number of phenolic OH excluding ortho intramolecular Hbond substituents is 1. The first kappa shape index (κ1) is 16.1. The zero-order valence-electron chi connectivity index (χ0n) is 12.7. The van der Waals surface area contributed by atoms with Crippen LogP contribution in [0.4, 0.5) is 0 Å². The topological polar surface area (TPSA) is 52.6 Å². The van der Waals surface area contributed by atoms with Crippen molar-refractivity contribution in [1.82, 2.24) is 10.2 Å². The number of nitrogens with zero attached hydrogens (tertiary/aromatic N) is 1. The molecule has 1 rings (SSSR count). The number of hydrogen-bond acceptors (Lipinski definition) is 3. The number of phenols is 1. The lowest BCUT2D eigenvalue weighted by Crippen LogP contribution is -2.27. The summed E-state index contributed by atoms with van der Waals surface area (Å²) in [5.74, 6) is 0.216. The van der Waals surface area contributed by atoms with Crippen LogP contribution in [0.2, 0.25) is 0 Å². The van der Waals surface area contributed by atoms with Gasteiger partial charge in [0.05, 0.1) is 0 Å². The number of nitrogens with one attached hydrogen (secondary N) is 1. The molecule has 1 aromatic rings. The fraction of sp³-hybridized carbons (Fsp3) is 0.438. The van der Waals surface area contributed by atoms with Crippen LogP contribution >= 0.6 is 0 Å². The van der Waals surface area contributed by atoms with Crippen LogP contribution in [0.5, 0.6) is 5.75 Å². The molecular weight excluding hydrogens is 252 g/mol. The van der Waals surface area contributed by atoms with Gasteiger partial charge in [-0.25, -0.2) is 0 Å². The van der Waals surface area contributed by atoms with Gasteiger partial charge in [-0.05, 0) is 36.6 Å². The molecule has 1 amide bonds. The highest BCUT2D eigenvalue weighted by Crippen LogP contribution is 2.19. The minimum atomic E-state index is -0.0342. The molecule has 1 aromatic carbocycles. The Kier molecular flexibility index (Phi) is 6.10. The maximum Gasteiger partial charge on any atom is 0.249 e. The lowest BCUT2D eigenvalue weighted by molar-refractivity contribution is -0.117. The van der Waals surface area contributed by atoms with Gasteiger partial charge in [-0.1, -0.05) is 13.0 Å². The normalized spacial score (nSPS) is 11.3. The molecule has 0 spiro atoms. The highest BCUT2D eigenvalue weighted by molar-refractivity contribution is 5.93. The lowest BCUT2D eigenvalue weighted by Gasteiger charge is -2.14. The number of aryl methyl sites for hydroxylation is 1. The fourth-order valence-electron chi connectivity index (χ4n) is 1.93. The second-order valence-electron chi connectivity index (χ2n) is 5.16. The van der Waals surface area contributed by atoms with E-state index in [1.54, 1.807) is 12.1 Å². The van der Waals surface area contributed by atoms with Crippen molar-refractivity contribution < 1.29 is 9.90 Å². The molecule has 0 bridgehead atoms. The summed E-state index contributed by atoms with van der Waals surface area (Å²) in [6.45, 7) is 4.64. The maximum atomic E-state index is 12.2. The summed E-state index contributed by atoms with van der Waals surface area (Å²) in [5, 5.41) is 12.3. The monoisotopic (exact) mass is 276 g/mol. The second kappa shape index (κ2) is 7.58. The molecule has 4 heteroatoms. The average molecular weight is 276 g/mol. The zero-order valence-corrected chi connectivity index (χ0v) is 12.7. The third-order valence-electron chi connectivity index (χ3n) is 2.95. The van der Waals surface area contributed by atoms with Crippen molar-refractivity contribution in [3.63, 3.8) is 0 Å². The summed E-state index contributed by atoms with van der Waals surface area (Å²) in [5.41, 5.74) is 2.75. The van der Waals surface area contributed by atoms with Gasteiger partial charge in [0.1, 0.15) is 5.75 Å². The molecule has 20 heavy (non-hydrogen) atoms. The quantitative estimate of drug-likeness (QED) is 0.783. The molecule has 4 nitrogen and oxygen atoms in total. The molecule has 110 valence electrons. The molecule has 0 heterocycles. The highest BCUT2D eigenvalue weighted by Gasteiger charge is 2.12. The number of hydrogen-bond donors (Lipinski definition) is 2. The van der Waals surface area contributed by atoms with Crippen LogP contribution in [0, 0.1) is 6.92 Å². The highest BCUT2D eigenvalue weighted by atomic mass is 16.3. The molecule has 0 atom stereocenters. The molecule has 0 fully saturated rings. The number of carbonyl (C=O) groups excluding carboxylic acids is 1. The molecule has 0 unspecified atom stereocenters. The van der Waals surface area contributed by atoms with Crippen LogP contribution in [0.15, 0.2) is 30.0 Å². The van der Waals surface area contributed by atoms with E-state index in [1.807, 2.05) is 45.1 Å². The van der Waals surface area contributed by atoms with Crippen LogP contribution in [0.25, 0.3) is 0 Å². The summed E-state index contributed by atoms with van der Waals surface area (Å²) in [6, 6.07) is 5.23. The Labute approximate surface area is 121 Å². The van der Waals surface area contributed by atoms with Crippen molar-refractivity contribution in [2.75, 3.05) is 20.6 Å². The van der Waals surface area contributed by atoms with E-state index >= 15 is 0 Å². The molecule has 0 aliphatic rings. The molecule has 2 N–H and O–H groups in total. The van der Waals surface area contributed by atoms with Crippen molar-refractivity contribution in [2.45, 2.75) is 26.7 Å². The number of aromatic hydroxyl groups is 1. The lowest BCUT2D eigenvalue weighted by atomic mass is 10.00. The van der Waals surface area contributed by atoms with E-state index < -0.39 is 0 Å². The van der Waals surface area contributed by atoms with Gasteiger partial charge >= 0.3 is 0 Å². The smallest absolute Gasteiger partial charge is 0.249 e. The molecule has 0 saturated carbocycles. The summed E-state index contributed by atoms with van der Waals surface area (Å²) in [7, 11) is 3.80. The zero-order chi connectivity index (χ0) is 15.1. The first-order chi connectivity index (χ1) is 9.43. The molecule has 0 aliphatic heterocycles. The Morgan fingerprint density at radius 3 is 2.65 bits per heavy atom. The van der Waals surface area contributed by atoms with E-state index in [2.05, 4.69) is 5.32 Å². The van der Waals surface area contributed by atoms with Crippen LogP contribution in [0.1, 0.15) is 24.5 Å². The van der Waals surface area contributed by atoms with Gasteiger partial charge in [0, 0.05) is 38.8 Å². The Bertz CT molecular complexity index is 493. The Morgan fingerprint density at radius 1 is 1.40 bits per heavy atom. The van der Waals surface area contributed by atoms with Crippen molar-refractivity contribution in [1.29, 1.82) is 0 Å². The molecule has 0 saturated heterocycles. The molecule has 0 aliphatic carbocycles. The molecule has 0 aromatic heterocycles. The predicted molar refractivity (Wildman–Crippen MR) is 81.6 cm³/mol. The fourth-order valence-corrected chi connectivity index (χ4v) is 1.93. The summed E-state index contributed by atoms with van der Waals surface area (Å²) in [6.07, 6.45) is 3.32. The summed E-state index contributed by atoms with van der Waals surface area (Å²) < 4.78 is 0. The van der Waals surface area contributed by atoms with Gasteiger partial charge in [0.25, 0.3) is 0 Å². The first-order valence-electron chi connectivity index (χ1n) is 6.87. The second-order valence-corrected chi connectivity index (χ2v) is 5.16. The maximum absolute atomic E-state index is 12.2. The van der Waals surface area contributed by atoms with Crippen LogP contribution in [-0.4, -0.2) is 36.6 Å². The SMILES string of the molecule is CCCNC(=O)C(=CN(C)C)Cc1ccc(O)cc1C. The molecular formula is C16H24N2O2. The largest absolute Gasteiger partial charge is 0.508 e. The van der Waals surface area contributed by atoms with E-state index in [9.17, 15) is 9.90 Å². The Hall–Kier alpha value is -1.97. The van der Waals surface area contributed by atoms with Crippen molar-refractivity contribution in [3.8, 4) is 5.75 Å². The summed E-state index contributed by atoms with van der Waals surface area (Å²) in [4.78, 5) is 14.0. The van der Waals surface area contributed by atoms with E-state index in [1.165, 1.54) is 0 Å². The third kappa shape index (κ3) is 4.96. The number of amides is 1. The number of carbonyl (C=O) groups is 1. The van der Waals surface area contributed by atoms with Crippen molar-refractivity contribution >= 4 is 5.91 Å². The standard InChI is InChI=1S/C16H24N2O2/c1-5-8-17-16(20)14(11-18(3)4)10-13-6-7-15(19)9-12(13)2/h6-7,9,11,19H,5,8,10H2,1-4H3,(H,17,20).